The maximum Gasteiger partial charge on any atom is 0.182 e. The van der Waals surface area contributed by atoms with Crippen LogP contribution in [-0.4, -0.2) is 82.1 Å². The fourth-order valence-corrected chi connectivity index (χ4v) is 2.45. The maximum atomic E-state index is 11.7. The van der Waals surface area contributed by atoms with Gasteiger partial charge in [0.05, 0.1) is 39.6 Å². The van der Waals surface area contributed by atoms with Gasteiger partial charge in [0, 0.05) is 0 Å². The fourth-order valence-electron chi connectivity index (χ4n) is 2.45. The molecule has 7 heteroatoms. The predicted octanol–water partition coefficient (Wildman–Crippen LogP) is 2.68. The van der Waals surface area contributed by atoms with Crippen LogP contribution in [-0.2, 0) is 23.7 Å². The zero-order chi connectivity index (χ0) is 21.9. The molecule has 0 saturated carbocycles. The van der Waals surface area contributed by atoms with E-state index in [1.807, 2.05) is 0 Å². The normalized spacial score (nSPS) is 15.7. The number of hydrogen-bond donors (Lipinski definition) is 0. The summed E-state index contributed by atoms with van der Waals surface area (Å²) in [5.41, 5.74) is 0. The van der Waals surface area contributed by atoms with E-state index in [0.717, 1.165) is 0 Å². The average Bonchev–Trinajstić information content (AvgIpc) is 2.70. The van der Waals surface area contributed by atoms with Crippen LogP contribution in [0.3, 0.4) is 0 Å². The Labute approximate surface area is 174 Å². The largest absolute Gasteiger partial charge is 0.624 e. The van der Waals surface area contributed by atoms with Gasteiger partial charge in [0.2, 0.25) is 0 Å². The number of ether oxygens (including phenoxy) is 5. The van der Waals surface area contributed by atoms with Crippen molar-refractivity contribution in [1.29, 1.82) is 0 Å². The lowest BCUT2D eigenvalue weighted by molar-refractivity contribution is -0.421. The first-order valence-electron chi connectivity index (χ1n) is 9.39. The van der Waals surface area contributed by atoms with Crippen molar-refractivity contribution in [3.8, 4) is 0 Å². The highest BCUT2D eigenvalue weighted by atomic mass is 16.6. The Morgan fingerprint density at radius 1 is 0.724 bits per heavy atom. The molecule has 0 rings (SSSR count). The lowest BCUT2D eigenvalue weighted by Crippen LogP contribution is -2.52. The summed E-state index contributed by atoms with van der Waals surface area (Å²) >= 11 is 0. The van der Waals surface area contributed by atoms with E-state index in [2.05, 4.69) is 32.9 Å². The second-order valence-corrected chi connectivity index (χ2v) is 5.94. The third-order valence-electron chi connectivity index (χ3n) is 3.54. The summed E-state index contributed by atoms with van der Waals surface area (Å²) in [4.78, 5) is 0. The molecule has 4 atom stereocenters. The Balaban J connectivity index is 5.91. The predicted molar refractivity (Wildman–Crippen MR) is 116 cm³/mol. The van der Waals surface area contributed by atoms with Crippen molar-refractivity contribution in [2.75, 3.05) is 46.7 Å². The standard InChI is InChI=1S/C22H35NO6/c1-7-12-25-18-20(27-14-9-3)22(29-16-11-5)21(28-15-10-4)19(17-23(6)24)26-13-8-2/h7-11,17,19-22H,1-5,12-16,18H2,6H3/b23-17-/t19-,20+,21+,22+/m0/s1. The van der Waals surface area contributed by atoms with Crippen LogP contribution in [0.2, 0.25) is 0 Å². The Kier molecular flexibility index (Phi) is 16.8. The minimum absolute atomic E-state index is 0.219. The molecule has 0 N–H and O–H groups in total. The highest BCUT2D eigenvalue weighted by Gasteiger charge is 2.38. The third kappa shape index (κ3) is 12.2. The van der Waals surface area contributed by atoms with Gasteiger partial charge in [-0.3, -0.25) is 0 Å². The molecule has 7 nitrogen and oxygen atoms in total. The van der Waals surface area contributed by atoms with Crippen LogP contribution in [0.15, 0.2) is 63.3 Å². The topological polar surface area (TPSA) is 72.2 Å². The van der Waals surface area contributed by atoms with Crippen LogP contribution in [0.5, 0.6) is 0 Å². The van der Waals surface area contributed by atoms with Crippen LogP contribution in [0.25, 0.3) is 0 Å². The van der Waals surface area contributed by atoms with E-state index in [4.69, 9.17) is 23.7 Å². The molecule has 0 unspecified atom stereocenters. The van der Waals surface area contributed by atoms with Crippen LogP contribution in [0, 0.1) is 5.21 Å². The first-order valence-corrected chi connectivity index (χ1v) is 9.39. The third-order valence-corrected chi connectivity index (χ3v) is 3.54. The van der Waals surface area contributed by atoms with Crippen LogP contribution >= 0.6 is 0 Å². The average molecular weight is 410 g/mol. The van der Waals surface area contributed by atoms with E-state index in [1.54, 1.807) is 30.4 Å². The molecule has 0 amide bonds. The molecule has 164 valence electrons. The van der Waals surface area contributed by atoms with Crippen molar-refractivity contribution in [3.05, 3.63) is 68.5 Å². The van der Waals surface area contributed by atoms with Crippen LogP contribution < -0.4 is 0 Å². The molecule has 0 aromatic rings. The minimum atomic E-state index is -0.723. The molecular weight excluding hydrogens is 374 g/mol. The number of hydrogen-bond acceptors (Lipinski definition) is 6. The molecule has 0 spiro atoms. The summed E-state index contributed by atoms with van der Waals surface area (Å²) in [7, 11) is 1.37. The van der Waals surface area contributed by atoms with E-state index in [-0.39, 0.29) is 33.0 Å². The molecule has 0 aliphatic carbocycles. The Morgan fingerprint density at radius 3 is 1.72 bits per heavy atom. The summed E-state index contributed by atoms with van der Waals surface area (Å²) in [6.45, 7) is 19.9. The first kappa shape index (κ1) is 27.0. The van der Waals surface area contributed by atoms with Gasteiger partial charge in [-0.15, -0.1) is 32.9 Å². The highest BCUT2D eigenvalue weighted by Crippen LogP contribution is 2.19. The van der Waals surface area contributed by atoms with E-state index in [0.29, 0.717) is 11.3 Å². The van der Waals surface area contributed by atoms with Gasteiger partial charge < -0.3 is 28.9 Å². The van der Waals surface area contributed by atoms with E-state index >= 15 is 0 Å². The van der Waals surface area contributed by atoms with Crippen molar-refractivity contribution in [3.63, 3.8) is 0 Å². The summed E-state index contributed by atoms with van der Waals surface area (Å²) in [5.74, 6) is 0. The van der Waals surface area contributed by atoms with Gasteiger partial charge in [0.1, 0.15) is 25.4 Å². The highest BCUT2D eigenvalue weighted by molar-refractivity contribution is 5.59. The SMILES string of the molecule is C=CCOC[C@@H](OCC=C)[C@@H](OCC=C)[C@H](OCC=C)[C@H](/C=[N+](/C)[O-])OCC=C. The quantitative estimate of drug-likeness (QED) is 0.0769. The molecule has 0 aliphatic rings. The molecule has 0 aromatic carbocycles. The molecule has 0 saturated heterocycles. The second-order valence-electron chi connectivity index (χ2n) is 5.94. The number of hydroxylamine groups is 1. The van der Waals surface area contributed by atoms with Crippen molar-refractivity contribution >= 4 is 6.21 Å². The monoisotopic (exact) mass is 409 g/mol. The fraction of sp³-hybridized carbons (Fsp3) is 0.500. The maximum absolute atomic E-state index is 11.7. The van der Waals surface area contributed by atoms with Gasteiger partial charge in [0.25, 0.3) is 0 Å². The molecule has 0 radical (unpaired) electrons. The lowest BCUT2D eigenvalue weighted by Gasteiger charge is -2.35. The van der Waals surface area contributed by atoms with E-state index in [1.165, 1.54) is 13.3 Å². The minimum Gasteiger partial charge on any atom is -0.624 e. The Morgan fingerprint density at radius 2 is 1.21 bits per heavy atom. The zero-order valence-corrected chi connectivity index (χ0v) is 17.4. The van der Waals surface area contributed by atoms with Crippen LogP contribution in [0.1, 0.15) is 0 Å². The van der Waals surface area contributed by atoms with Gasteiger partial charge in [0.15, 0.2) is 12.3 Å². The van der Waals surface area contributed by atoms with Gasteiger partial charge in [-0.25, -0.2) is 4.74 Å². The Hall–Kier alpha value is -2.03. The summed E-state index contributed by atoms with van der Waals surface area (Å²) < 4.78 is 29.9. The van der Waals surface area contributed by atoms with Crippen molar-refractivity contribution in [1.82, 2.24) is 0 Å². The number of rotatable bonds is 20. The molecular formula is C22H35NO6. The molecule has 0 bridgehead atoms. The second kappa shape index (κ2) is 18.0. The van der Waals surface area contributed by atoms with Crippen molar-refractivity contribution in [2.45, 2.75) is 24.4 Å². The molecule has 29 heavy (non-hydrogen) atoms. The smallest absolute Gasteiger partial charge is 0.182 e. The molecule has 0 aliphatic heterocycles. The van der Waals surface area contributed by atoms with Gasteiger partial charge in [-0.2, -0.15) is 0 Å². The Bertz CT molecular complexity index is 515. The summed E-state index contributed by atoms with van der Waals surface area (Å²) in [6.07, 6.45) is 6.90. The summed E-state index contributed by atoms with van der Waals surface area (Å²) in [5, 5.41) is 11.7. The zero-order valence-electron chi connectivity index (χ0n) is 17.4. The van der Waals surface area contributed by atoms with Gasteiger partial charge >= 0.3 is 0 Å². The first-order chi connectivity index (χ1) is 14.0. The van der Waals surface area contributed by atoms with Gasteiger partial charge in [-0.1, -0.05) is 30.4 Å². The van der Waals surface area contributed by atoms with Crippen molar-refractivity contribution < 1.29 is 28.4 Å². The van der Waals surface area contributed by atoms with Gasteiger partial charge in [-0.05, 0) is 0 Å². The molecule has 0 fully saturated rings. The van der Waals surface area contributed by atoms with Crippen LogP contribution in [0.4, 0.5) is 0 Å². The lowest BCUT2D eigenvalue weighted by atomic mass is 10.0. The van der Waals surface area contributed by atoms with E-state index < -0.39 is 24.4 Å². The molecule has 0 aromatic heterocycles. The number of nitrogens with zero attached hydrogens (tertiary/aromatic N) is 1. The van der Waals surface area contributed by atoms with E-state index in [9.17, 15) is 5.21 Å². The molecule has 0 heterocycles. The summed E-state index contributed by atoms with van der Waals surface area (Å²) in [6, 6.07) is 0. The van der Waals surface area contributed by atoms with Crippen molar-refractivity contribution in [2.24, 2.45) is 0 Å².